The molecular formula is C18H29NO2. The molecule has 0 aromatic heterocycles. The highest BCUT2D eigenvalue weighted by atomic mass is 16.5. The molecule has 0 saturated carbocycles. The molecule has 0 spiro atoms. The lowest BCUT2D eigenvalue weighted by Gasteiger charge is -2.32. The summed E-state index contributed by atoms with van der Waals surface area (Å²) < 4.78 is 5.77. The first-order chi connectivity index (χ1) is 10.3. The zero-order valence-electron chi connectivity index (χ0n) is 13.3. The highest BCUT2D eigenvalue weighted by molar-refractivity contribution is 5.36. The Kier molecular flexibility index (Phi) is 7.04. The molecule has 0 amide bonds. The number of rotatable bonds is 8. The van der Waals surface area contributed by atoms with Crippen LogP contribution >= 0.6 is 0 Å². The molecule has 1 aromatic rings. The van der Waals surface area contributed by atoms with E-state index in [2.05, 4.69) is 29.2 Å². The summed E-state index contributed by atoms with van der Waals surface area (Å²) in [5, 5.41) is 8.81. The molecule has 1 aromatic carbocycles. The maximum absolute atomic E-state index is 8.81. The molecule has 0 unspecified atom stereocenters. The number of benzene rings is 1. The zero-order valence-corrected chi connectivity index (χ0v) is 13.3. The van der Waals surface area contributed by atoms with Crippen LogP contribution in [0.4, 0.5) is 0 Å². The van der Waals surface area contributed by atoms with Crippen molar-refractivity contribution in [3.05, 3.63) is 29.8 Å². The second-order valence-electron chi connectivity index (χ2n) is 5.87. The molecule has 1 saturated heterocycles. The number of unbranched alkanes of at least 4 members (excludes halogenated alkanes) is 2. The van der Waals surface area contributed by atoms with Crippen LogP contribution in [-0.4, -0.2) is 42.9 Å². The summed E-state index contributed by atoms with van der Waals surface area (Å²) in [6.45, 7) is 6.66. The normalized spacial score (nSPS) is 17.0. The molecule has 0 bridgehead atoms. The number of aliphatic hydroxyl groups is 1. The molecule has 0 aliphatic carbocycles. The van der Waals surface area contributed by atoms with Gasteiger partial charge in [-0.1, -0.05) is 18.2 Å². The molecule has 1 heterocycles. The third kappa shape index (κ3) is 5.01. The number of para-hydroxylation sites is 1. The van der Waals surface area contributed by atoms with E-state index in [4.69, 9.17) is 9.84 Å². The van der Waals surface area contributed by atoms with Crippen LogP contribution < -0.4 is 4.74 Å². The third-order valence-electron chi connectivity index (χ3n) is 4.38. The average molecular weight is 291 g/mol. The van der Waals surface area contributed by atoms with Crippen LogP contribution in [0.15, 0.2) is 24.3 Å². The van der Waals surface area contributed by atoms with E-state index in [1.165, 1.54) is 44.5 Å². The maximum Gasteiger partial charge on any atom is 0.122 e. The number of nitrogens with zero attached hydrogens (tertiary/aromatic N) is 1. The van der Waals surface area contributed by atoms with Crippen LogP contribution in [0.2, 0.25) is 0 Å². The van der Waals surface area contributed by atoms with Gasteiger partial charge in [-0.05, 0) is 76.2 Å². The first-order valence-electron chi connectivity index (χ1n) is 8.40. The topological polar surface area (TPSA) is 32.7 Å². The van der Waals surface area contributed by atoms with Gasteiger partial charge in [0, 0.05) is 6.61 Å². The predicted molar refractivity (Wildman–Crippen MR) is 87.0 cm³/mol. The number of ether oxygens (including phenoxy) is 1. The van der Waals surface area contributed by atoms with E-state index in [1.807, 2.05) is 6.92 Å². The van der Waals surface area contributed by atoms with Crippen LogP contribution in [0.1, 0.15) is 50.5 Å². The van der Waals surface area contributed by atoms with Gasteiger partial charge in [-0.25, -0.2) is 0 Å². The monoisotopic (exact) mass is 291 g/mol. The average Bonchev–Trinajstić information content (AvgIpc) is 2.53. The Morgan fingerprint density at radius 2 is 1.90 bits per heavy atom. The highest BCUT2D eigenvalue weighted by Gasteiger charge is 2.22. The smallest absolute Gasteiger partial charge is 0.122 e. The Morgan fingerprint density at radius 1 is 1.14 bits per heavy atom. The van der Waals surface area contributed by atoms with Gasteiger partial charge in [0.05, 0.1) is 6.61 Å². The Hall–Kier alpha value is -1.06. The fraction of sp³-hybridized carbons (Fsp3) is 0.667. The summed E-state index contributed by atoms with van der Waals surface area (Å²) >= 11 is 0. The first-order valence-corrected chi connectivity index (χ1v) is 8.40. The van der Waals surface area contributed by atoms with Gasteiger partial charge in [0.25, 0.3) is 0 Å². The Bertz CT molecular complexity index is 400. The minimum absolute atomic E-state index is 0.330. The molecule has 3 heteroatoms. The molecule has 1 aliphatic heterocycles. The van der Waals surface area contributed by atoms with Crippen molar-refractivity contribution < 1.29 is 9.84 Å². The number of piperidine rings is 1. The molecule has 1 aliphatic rings. The van der Waals surface area contributed by atoms with Gasteiger partial charge in [-0.2, -0.15) is 0 Å². The minimum atomic E-state index is 0.330. The van der Waals surface area contributed by atoms with Gasteiger partial charge in [0.2, 0.25) is 0 Å². The molecule has 2 rings (SSSR count). The summed E-state index contributed by atoms with van der Waals surface area (Å²) in [7, 11) is 0. The number of aliphatic hydroxyl groups excluding tert-OH is 1. The van der Waals surface area contributed by atoms with Crippen molar-refractivity contribution in [1.29, 1.82) is 0 Å². The van der Waals surface area contributed by atoms with E-state index in [0.29, 0.717) is 12.5 Å². The molecular weight excluding hydrogens is 262 g/mol. The van der Waals surface area contributed by atoms with E-state index in [9.17, 15) is 0 Å². The van der Waals surface area contributed by atoms with Gasteiger partial charge in [-0.3, -0.25) is 0 Å². The quantitative estimate of drug-likeness (QED) is 0.745. The van der Waals surface area contributed by atoms with Crippen molar-refractivity contribution in [2.45, 2.75) is 44.9 Å². The van der Waals surface area contributed by atoms with E-state index in [0.717, 1.165) is 25.2 Å². The van der Waals surface area contributed by atoms with Crippen LogP contribution in [-0.2, 0) is 0 Å². The van der Waals surface area contributed by atoms with E-state index >= 15 is 0 Å². The standard InChI is InChI=1S/C18H29NO2/c1-2-21-18-9-5-4-8-17(18)16-10-13-19(14-11-16)12-6-3-7-15-20/h4-5,8-9,16,20H,2-3,6-7,10-15H2,1H3. The summed E-state index contributed by atoms with van der Waals surface area (Å²) in [5.41, 5.74) is 1.39. The Labute approximate surface area is 128 Å². The number of likely N-dealkylation sites (tertiary alicyclic amines) is 1. The van der Waals surface area contributed by atoms with Crippen molar-refractivity contribution in [3.8, 4) is 5.75 Å². The minimum Gasteiger partial charge on any atom is -0.494 e. The van der Waals surface area contributed by atoms with Crippen LogP contribution in [0.3, 0.4) is 0 Å². The van der Waals surface area contributed by atoms with Gasteiger partial charge >= 0.3 is 0 Å². The second-order valence-corrected chi connectivity index (χ2v) is 5.87. The first kappa shape index (κ1) is 16.3. The lowest BCUT2D eigenvalue weighted by molar-refractivity contribution is 0.203. The SMILES string of the molecule is CCOc1ccccc1C1CCN(CCCCCO)CC1. The van der Waals surface area contributed by atoms with Gasteiger partial charge in [0.15, 0.2) is 0 Å². The van der Waals surface area contributed by atoms with Crippen molar-refractivity contribution in [2.24, 2.45) is 0 Å². The number of hydrogen-bond acceptors (Lipinski definition) is 3. The molecule has 118 valence electrons. The molecule has 0 atom stereocenters. The van der Waals surface area contributed by atoms with Crippen LogP contribution in [0, 0.1) is 0 Å². The molecule has 3 nitrogen and oxygen atoms in total. The molecule has 21 heavy (non-hydrogen) atoms. The lowest BCUT2D eigenvalue weighted by atomic mass is 9.88. The van der Waals surface area contributed by atoms with Gasteiger partial charge in [0.1, 0.15) is 5.75 Å². The summed E-state index contributed by atoms with van der Waals surface area (Å²) in [6.07, 6.45) is 5.75. The largest absolute Gasteiger partial charge is 0.494 e. The van der Waals surface area contributed by atoms with Crippen molar-refractivity contribution in [2.75, 3.05) is 32.8 Å². The third-order valence-corrected chi connectivity index (χ3v) is 4.38. The van der Waals surface area contributed by atoms with Gasteiger partial charge < -0.3 is 14.7 Å². The molecule has 1 fully saturated rings. The lowest BCUT2D eigenvalue weighted by Crippen LogP contribution is -2.33. The van der Waals surface area contributed by atoms with E-state index in [1.54, 1.807) is 0 Å². The van der Waals surface area contributed by atoms with Crippen molar-refractivity contribution in [3.63, 3.8) is 0 Å². The fourth-order valence-electron chi connectivity index (χ4n) is 3.20. The summed E-state index contributed by atoms with van der Waals surface area (Å²) in [6, 6.07) is 8.51. The summed E-state index contributed by atoms with van der Waals surface area (Å²) in [5.74, 6) is 1.71. The van der Waals surface area contributed by atoms with Crippen molar-refractivity contribution >= 4 is 0 Å². The molecule has 0 radical (unpaired) electrons. The van der Waals surface area contributed by atoms with Crippen molar-refractivity contribution in [1.82, 2.24) is 4.90 Å². The Balaban J connectivity index is 1.81. The van der Waals surface area contributed by atoms with Crippen LogP contribution in [0.5, 0.6) is 5.75 Å². The summed E-state index contributed by atoms with van der Waals surface area (Å²) in [4.78, 5) is 2.57. The molecule has 1 N–H and O–H groups in total. The maximum atomic E-state index is 8.81. The van der Waals surface area contributed by atoms with Gasteiger partial charge in [-0.15, -0.1) is 0 Å². The zero-order chi connectivity index (χ0) is 14.9. The number of hydrogen-bond donors (Lipinski definition) is 1. The van der Waals surface area contributed by atoms with E-state index < -0.39 is 0 Å². The highest BCUT2D eigenvalue weighted by Crippen LogP contribution is 2.34. The predicted octanol–water partition coefficient (Wildman–Crippen LogP) is 3.43. The Morgan fingerprint density at radius 3 is 2.62 bits per heavy atom. The van der Waals surface area contributed by atoms with E-state index in [-0.39, 0.29) is 0 Å². The second kappa shape index (κ2) is 9.06. The van der Waals surface area contributed by atoms with Crippen LogP contribution in [0.25, 0.3) is 0 Å². The fourth-order valence-corrected chi connectivity index (χ4v) is 3.20.